The van der Waals surface area contributed by atoms with E-state index in [1.54, 1.807) is 24.3 Å². The Hall–Kier alpha value is -1.02. The van der Waals surface area contributed by atoms with Gasteiger partial charge in [-0.05, 0) is 24.7 Å². The van der Waals surface area contributed by atoms with Crippen molar-refractivity contribution in [2.24, 2.45) is 5.73 Å². The summed E-state index contributed by atoms with van der Waals surface area (Å²) in [6.45, 7) is 2.60. The van der Waals surface area contributed by atoms with E-state index in [0.29, 0.717) is 29.4 Å². The predicted molar refractivity (Wildman–Crippen MR) is 83.2 cm³/mol. The lowest BCUT2D eigenvalue weighted by atomic mass is 10.1. The fourth-order valence-corrected chi connectivity index (χ4v) is 3.75. The highest BCUT2D eigenvalue weighted by Gasteiger charge is 2.27. The second-order valence-electron chi connectivity index (χ2n) is 4.99. The highest BCUT2D eigenvalue weighted by Crippen LogP contribution is 2.18. The molecule has 2 rings (SSSR count). The highest BCUT2D eigenvalue weighted by molar-refractivity contribution is 7.89. The summed E-state index contributed by atoms with van der Waals surface area (Å²) in [6, 6.07) is 6.78. The quantitative estimate of drug-likeness (QED) is 0.818. The van der Waals surface area contributed by atoms with Gasteiger partial charge in [-0.1, -0.05) is 24.4 Å². The van der Waals surface area contributed by atoms with Crippen molar-refractivity contribution in [3.63, 3.8) is 0 Å². The molecule has 0 spiro atoms. The number of hydrogen-bond acceptors (Lipinski definition) is 4. The number of thiocarbonyl (C=S) groups is 1. The number of nitrogens with zero attached hydrogens (tertiary/aromatic N) is 2. The third-order valence-electron chi connectivity index (χ3n) is 3.40. The van der Waals surface area contributed by atoms with Gasteiger partial charge in [0.2, 0.25) is 10.0 Å². The molecule has 0 bridgehead atoms. The summed E-state index contributed by atoms with van der Waals surface area (Å²) in [5.41, 5.74) is 6.40. The summed E-state index contributed by atoms with van der Waals surface area (Å²) in [4.78, 5) is 2.85. The normalized spacial score (nSPS) is 18.1. The molecule has 0 amide bonds. The molecule has 0 radical (unpaired) electrons. The van der Waals surface area contributed by atoms with Crippen molar-refractivity contribution in [2.45, 2.75) is 11.3 Å². The molecule has 0 atom stereocenters. The smallest absolute Gasteiger partial charge is 0.243 e. The molecule has 1 heterocycles. The molecule has 0 saturated carbocycles. The van der Waals surface area contributed by atoms with Gasteiger partial charge in [-0.2, -0.15) is 4.31 Å². The van der Waals surface area contributed by atoms with Gasteiger partial charge in [-0.25, -0.2) is 8.42 Å². The monoisotopic (exact) mass is 313 g/mol. The van der Waals surface area contributed by atoms with E-state index in [9.17, 15) is 8.42 Å². The van der Waals surface area contributed by atoms with Crippen LogP contribution in [0, 0.1) is 0 Å². The number of piperazine rings is 1. The lowest BCUT2D eigenvalue weighted by molar-refractivity contribution is 0.222. The maximum Gasteiger partial charge on any atom is 0.243 e. The second kappa shape index (κ2) is 6.17. The van der Waals surface area contributed by atoms with Gasteiger partial charge in [-0.15, -0.1) is 0 Å². The van der Waals surface area contributed by atoms with Crippen LogP contribution in [-0.4, -0.2) is 55.8 Å². The van der Waals surface area contributed by atoms with Crippen molar-refractivity contribution in [2.75, 3.05) is 33.2 Å². The molecule has 1 aliphatic rings. The van der Waals surface area contributed by atoms with Gasteiger partial charge in [0, 0.05) is 32.6 Å². The minimum Gasteiger partial charge on any atom is -0.393 e. The zero-order valence-corrected chi connectivity index (χ0v) is 13.1. The Morgan fingerprint density at radius 2 is 1.75 bits per heavy atom. The Kier molecular flexibility index (Phi) is 4.74. The van der Waals surface area contributed by atoms with Gasteiger partial charge in [-0.3, -0.25) is 0 Å². The molecule has 1 aromatic rings. The Morgan fingerprint density at radius 3 is 2.25 bits per heavy atom. The van der Waals surface area contributed by atoms with E-state index in [-0.39, 0.29) is 0 Å². The van der Waals surface area contributed by atoms with Crippen LogP contribution in [0.5, 0.6) is 0 Å². The molecule has 1 fully saturated rings. The van der Waals surface area contributed by atoms with E-state index < -0.39 is 10.0 Å². The van der Waals surface area contributed by atoms with Crippen molar-refractivity contribution in [3.05, 3.63) is 29.8 Å². The van der Waals surface area contributed by atoms with Crippen LogP contribution in [-0.2, 0) is 16.4 Å². The largest absolute Gasteiger partial charge is 0.393 e. The molecule has 1 aliphatic heterocycles. The fraction of sp³-hybridized carbons (Fsp3) is 0.462. The molecular formula is C13H19N3O2S2. The van der Waals surface area contributed by atoms with Crippen molar-refractivity contribution < 1.29 is 8.42 Å². The Labute approximate surface area is 125 Å². The standard InChI is InChI=1S/C13H19N3O2S2/c1-15-6-8-16(9-7-15)20(17,18)12-4-2-11(3-5-12)10-13(14)19/h2-5H,6-10H2,1H3,(H2,14,19). The maximum absolute atomic E-state index is 12.5. The van der Waals surface area contributed by atoms with Gasteiger partial charge in [0.15, 0.2) is 0 Å². The number of rotatable bonds is 4. The number of hydrogen-bond donors (Lipinski definition) is 1. The van der Waals surface area contributed by atoms with Crippen LogP contribution in [0.4, 0.5) is 0 Å². The number of nitrogens with two attached hydrogens (primary N) is 1. The Balaban J connectivity index is 2.15. The maximum atomic E-state index is 12.5. The lowest BCUT2D eigenvalue weighted by Crippen LogP contribution is -2.46. The van der Waals surface area contributed by atoms with Crippen molar-refractivity contribution in [1.29, 1.82) is 0 Å². The van der Waals surface area contributed by atoms with Crippen LogP contribution < -0.4 is 5.73 Å². The minimum atomic E-state index is -3.39. The second-order valence-corrected chi connectivity index (χ2v) is 7.46. The van der Waals surface area contributed by atoms with E-state index in [1.165, 1.54) is 4.31 Å². The van der Waals surface area contributed by atoms with Crippen molar-refractivity contribution in [3.8, 4) is 0 Å². The molecule has 1 aromatic carbocycles. The molecular weight excluding hydrogens is 294 g/mol. The average Bonchev–Trinajstić information content (AvgIpc) is 2.39. The first-order valence-electron chi connectivity index (χ1n) is 6.45. The molecule has 0 aromatic heterocycles. The summed E-state index contributed by atoms with van der Waals surface area (Å²) >= 11 is 4.84. The van der Waals surface area contributed by atoms with Crippen LogP contribution >= 0.6 is 12.2 Å². The Morgan fingerprint density at radius 1 is 1.20 bits per heavy atom. The summed E-state index contributed by atoms with van der Waals surface area (Å²) in [7, 11) is -1.39. The average molecular weight is 313 g/mol. The van der Waals surface area contributed by atoms with E-state index in [0.717, 1.165) is 18.7 Å². The van der Waals surface area contributed by atoms with Crippen LogP contribution in [0.3, 0.4) is 0 Å². The number of sulfonamides is 1. The summed E-state index contributed by atoms with van der Waals surface area (Å²) < 4.78 is 26.5. The fourth-order valence-electron chi connectivity index (χ4n) is 2.16. The first kappa shape index (κ1) is 15.4. The lowest BCUT2D eigenvalue weighted by Gasteiger charge is -2.31. The first-order valence-corrected chi connectivity index (χ1v) is 8.30. The molecule has 1 saturated heterocycles. The molecule has 0 aliphatic carbocycles. The van der Waals surface area contributed by atoms with Gasteiger partial charge in [0.25, 0.3) is 0 Å². The zero-order valence-electron chi connectivity index (χ0n) is 11.4. The predicted octanol–water partition coefficient (Wildman–Crippen LogP) is 0.451. The third kappa shape index (κ3) is 3.54. The van der Waals surface area contributed by atoms with E-state index >= 15 is 0 Å². The van der Waals surface area contributed by atoms with Crippen LogP contribution in [0.2, 0.25) is 0 Å². The van der Waals surface area contributed by atoms with E-state index in [4.69, 9.17) is 18.0 Å². The molecule has 0 unspecified atom stereocenters. The van der Waals surface area contributed by atoms with E-state index in [1.807, 2.05) is 7.05 Å². The van der Waals surface area contributed by atoms with Crippen molar-refractivity contribution in [1.82, 2.24) is 9.21 Å². The van der Waals surface area contributed by atoms with Crippen LogP contribution in [0.1, 0.15) is 5.56 Å². The molecule has 7 heteroatoms. The molecule has 110 valence electrons. The molecule has 2 N–H and O–H groups in total. The van der Waals surface area contributed by atoms with Crippen LogP contribution in [0.25, 0.3) is 0 Å². The number of likely N-dealkylation sites (N-methyl/N-ethyl adjacent to an activating group) is 1. The van der Waals surface area contributed by atoms with Gasteiger partial charge in [0.05, 0.1) is 9.88 Å². The molecule has 20 heavy (non-hydrogen) atoms. The highest BCUT2D eigenvalue weighted by atomic mass is 32.2. The topological polar surface area (TPSA) is 66.6 Å². The Bertz CT molecular complexity index is 576. The summed E-state index contributed by atoms with van der Waals surface area (Å²) in [6.07, 6.45) is 0.490. The van der Waals surface area contributed by atoms with E-state index in [2.05, 4.69) is 4.90 Å². The third-order valence-corrected chi connectivity index (χ3v) is 5.46. The zero-order chi connectivity index (χ0) is 14.8. The van der Waals surface area contributed by atoms with Gasteiger partial charge >= 0.3 is 0 Å². The van der Waals surface area contributed by atoms with Crippen LogP contribution in [0.15, 0.2) is 29.2 Å². The van der Waals surface area contributed by atoms with Gasteiger partial charge in [0.1, 0.15) is 0 Å². The summed E-state index contributed by atoms with van der Waals surface area (Å²) in [5.74, 6) is 0. The van der Waals surface area contributed by atoms with Gasteiger partial charge < -0.3 is 10.6 Å². The van der Waals surface area contributed by atoms with Crippen molar-refractivity contribution >= 4 is 27.2 Å². The minimum absolute atomic E-state index is 0.328. The SMILES string of the molecule is CN1CCN(S(=O)(=O)c2ccc(CC(N)=S)cc2)CC1. The summed E-state index contributed by atoms with van der Waals surface area (Å²) in [5, 5.41) is 0. The number of benzene rings is 1. The first-order chi connectivity index (χ1) is 9.39. The molecule has 5 nitrogen and oxygen atoms in total.